The molecule has 1 aromatic heterocycles. The summed E-state index contributed by atoms with van der Waals surface area (Å²) in [4.78, 5) is 14.4. The number of aromatic nitrogens is 1. The highest BCUT2D eigenvalue weighted by Crippen LogP contribution is 2.34. The molecule has 0 saturated heterocycles. The smallest absolute Gasteiger partial charge is 0.434 e. The maximum atomic E-state index is 12.5. The molecule has 0 saturated carbocycles. The fraction of sp³-hybridized carbons (Fsp3) is 0.400. The highest BCUT2D eigenvalue weighted by molar-refractivity contribution is 9.10. The van der Waals surface area contributed by atoms with Crippen LogP contribution in [0.1, 0.15) is 18.2 Å². The lowest BCUT2D eigenvalue weighted by Gasteiger charge is -2.11. The molecule has 0 fully saturated rings. The molecule has 1 rings (SSSR count). The molecule has 7 heteroatoms. The van der Waals surface area contributed by atoms with E-state index in [1.807, 2.05) is 0 Å². The first-order chi connectivity index (χ1) is 7.86. The maximum absolute atomic E-state index is 12.5. The van der Waals surface area contributed by atoms with Gasteiger partial charge >= 0.3 is 12.1 Å². The van der Waals surface area contributed by atoms with E-state index in [1.54, 1.807) is 6.92 Å². The summed E-state index contributed by atoms with van der Waals surface area (Å²) in [6, 6.07) is 1.34. The van der Waals surface area contributed by atoms with Crippen LogP contribution in [-0.4, -0.2) is 17.6 Å². The van der Waals surface area contributed by atoms with Crippen molar-refractivity contribution < 1.29 is 22.7 Å². The van der Waals surface area contributed by atoms with Gasteiger partial charge in [-0.3, -0.25) is 9.78 Å². The first-order valence-corrected chi connectivity index (χ1v) is 5.51. The third kappa shape index (κ3) is 3.69. The average molecular weight is 312 g/mol. The summed E-state index contributed by atoms with van der Waals surface area (Å²) >= 11 is 2.81. The Morgan fingerprint density at radius 2 is 2.18 bits per heavy atom. The van der Waals surface area contributed by atoms with Gasteiger partial charge in [0.05, 0.1) is 17.5 Å². The van der Waals surface area contributed by atoms with Crippen LogP contribution in [0.5, 0.6) is 0 Å². The Kier molecular flexibility index (Phi) is 4.50. The normalized spacial score (nSPS) is 11.4. The first-order valence-electron chi connectivity index (χ1n) is 4.72. The molecule has 0 aliphatic carbocycles. The molecular weight excluding hydrogens is 303 g/mol. The highest BCUT2D eigenvalue weighted by Gasteiger charge is 2.35. The first kappa shape index (κ1) is 14.0. The van der Waals surface area contributed by atoms with Crippen LogP contribution < -0.4 is 0 Å². The molecule has 3 nitrogen and oxygen atoms in total. The van der Waals surface area contributed by atoms with Gasteiger partial charge in [-0.15, -0.1) is 0 Å². The second-order valence-corrected chi connectivity index (χ2v) is 3.91. The van der Waals surface area contributed by atoms with E-state index in [4.69, 9.17) is 0 Å². The number of pyridine rings is 1. The Labute approximate surface area is 104 Å². The predicted octanol–water partition coefficient (Wildman–Crippen LogP) is 2.97. The van der Waals surface area contributed by atoms with Crippen molar-refractivity contribution in [2.45, 2.75) is 19.5 Å². The van der Waals surface area contributed by atoms with Crippen molar-refractivity contribution >= 4 is 21.9 Å². The summed E-state index contributed by atoms with van der Waals surface area (Å²) in [5, 5.41) is 0. The molecule has 0 aliphatic heterocycles. The summed E-state index contributed by atoms with van der Waals surface area (Å²) in [5.41, 5.74) is -0.843. The number of hydrogen-bond acceptors (Lipinski definition) is 3. The minimum atomic E-state index is -4.55. The second-order valence-electron chi connectivity index (χ2n) is 3.11. The Morgan fingerprint density at radius 3 is 2.71 bits per heavy atom. The minimum absolute atomic E-state index is 0.188. The van der Waals surface area contributed by atoms with Crippen LogP contribution in [0.15, 0.2) is 16.7 Å². The molecule has 1 heterocycles. The van der Waals surface area contributed by atoms with E-state index >= 15 is 0 Å². The van der Waals surface area contributed by atoms with E-state index in [2.05, 4.69) is 25.7 Å². The standard InChI is InChI=1S/C10H9BrF3NO2/c1-2-17-7(16)5-6-3-4-15-9(8(6)11)10(12,13)14/h3-4H,2,5H2,1H3. The summed E-state index contributed by atoms with van der Waals surface area (Å²) in [7, 11) is 0. The summed E-state index contributed by atoms with van der Waals surface area (Å²) < 4.78 is 42.0. The van der Waals surface area contributed by atoms with Crippen molar-refractivity contribution in [3.8, 4) is 0 Å². The number of hydrogen-bond donors (Lipinski definition) is 0. The maximum Gasteiger partial charge on any atom is 0.434 e. The fourth-order valence-corrected chi connectivity index (χ4v) is 1.78. The van der Waals surface area contributed by atoms with Crippen molar-refractivity contribution in [1.82, 2.24) is 4.98 Å². The van der Waals surface area contributed by atoms with Gasteiger partial charge in [0.15, 0.2) is 5.69 Å². The third-order valence-corrected chi connectivity index (χ3v) is 2.76. The van der Waals surface area contributed by atoms with Crippen molar-refractivity contribution in [1.29, 1.82) is 0 Å². The molecule has 0 aromatic carbocycles. The Hall–Kier alpha value is -1.11. The van der Waals surface area contributed by atoms with E-state index in [1.165, 1.54) is 6.07 Å². The van der Waals surface area contributed by atoms with Gasteiger partial charge < -0.3 is 4.74 Å². The molecule has 0 bridgehead atoms. The van der Waals surface area contributed by atoms with Crippen LogP contribution >= 0.6 is 15.9 Å². The van der Waals surface area contributed by atoms with Crippen molar-refractivity contribution in [2.75, 3.05) is 6.61 Å². The Morgan fingerprint density at radius 1 is 1.53 bits per heavy atom. The molecule has 0 amide bonds. The number of esters is 1. The predicted molar refractivity (Wildman–Crippen MR) is 57.3 cm³/mol. The van der Waals surface area contributed by atoms with E-state index in [0.29, 0.717) is 0 Å². The average Bonchev–Trinajstić information content (AvgIpc) is 2.19. The summed E-state index contributed by atoms with van der Waals surface area (Å²) in [6.45, 7) is 1.81. The zero-order valence-electron chi connectivity index (χ0n) is 8.84. The van der Waals surface area contributed by atoms with Crippen molar-refractivity contribution in [3.05, 3.63) is 28.0 Å². The number of rotatable bonds is 3. The van der Waals surface area contributed by atoms with Crippen molar-refractivity contribution in [3.63, 3.8) is 0 Å². The molecule has 17 heavy (non-hydrogen) atoms. The quantitative estimate of drug-likeness (QED) is 0.806. The van der Waals surface area contributed by atoms with Gasteiger partial charge in [-0.25, -0.2) is 0 Å². The van der Waals surface area contributed by atoms with Gasteiger partial charge in [-0.1, -0.05) is 0 Å². The van der Waals surface area contributed by atoms with Gasteiger partial charge in [0, 0.05) is 6.20 Å². The Bertz CT molecular complexity index is 421. The van der Waals surface area contributed by atoms with Crippen LogP contribution in [0.25, 0.3) is 0 Å². The molecule has 0 unspecified atom stereocenters. The molecule has 0 atom stereocenters. The molecular formula is C10H9BrF3NO2. The minimum Gasteiger partial charge on any atom is -0.466 e. The van der Waals surface area contributed by atoms with Crippen LogP contribution in [-0.2, 0) is 22.1 Å². The molecule has 0 N–H and O–H groups in total. The summed E-state index contributed by atoms with van der Waals surface area (Å²) in [6.07, 6.45) is -3.76. The molecule has 0 radical (unpaired) electrons. The third-order valence-electron chi connectivity index (χ3n) is 1.88. The lowest BCUT2D eigenvalue weighted by molar-refractivity contribution is -0.144. The lowest BCUT2D eigenvalue weighted by Crippen LogP contribution is -2.13. The van der Waals surface area contributed by atoms with Gasteiger partial charge in [-0.05, 0) is 34.5 Å². The van der Waals surface area contributed by atoms with E-state index < -0.39 is 17.8 Å². The lowest BCUT2D eigenvalue weighted by atomic mass is 10.1. The molecule has 1 aromatic rings. The van der Waals surface area contributed by atoms with Gasteiger partial charge in [0.25, 0.3) is 0 Å². The zero-order valence-corrected chi connectivity index (χ0v) is 10.4. The van der Waals surface area contributed by atoms with Crippen LogP contribution in [0.4, 0.5) is 13.2 Å². The number of carbonyl (C=O) groups is 1. The van der Waals surface area contributed by atoms with Gasteiger partial charge in [0.1, 0.15) is 0 Å². The van der Waals surface area contributed by atoms with E-state index in [9.17, 15) is 18.0 Å². The molecule has 0 aliphatic rings. The highest BCUT2D eigenvalue weighted by atomic mass is 79.9. The van der Waals surface area contributed by atoms with E-state index in [0.717, 1.165) is 6.20 Å². The monoisotopic (exact) mass is 311 g/mol. The molecule has 94 valence electrons. The number of carbonyl (C=O) groups excluding carboxylic acids is 1. The van der Waals surface area contributed by atoms with Crippen molar-refractivity contribution in [2.24, 2.45) is 0 Å². The van der Waals surface area contributed by atoms with Crippen LogP contribution in [0.2, 0.25) is 0 Å². The number of ether oxygens (including phenoxy) is 1. The SMILES string of the molecule is CCOC(=O)Cc1ccnc(C(F)(F)F)c1Br. The largest absolute Gasteiger partial charge is 0.466 e. The summed E-state index contributed by atoms with van der Waals surface area (Å²) in [5.74, 6) is -0.576. The van der Waals surface area contributed by atoms with Gasteiger partial charge in [0.2, 0.25) is 0 Å². The Balaban J connectivity index is 2.99. The van der Waals surface area contributed by atoms with Gasteiger partial charge in [-0.2, -0.15) is 13.2 Å². The molecule has 0 spiro atoms. The van der Waals surface area contributed by atoms with Crippen LogP contribution in [0, 0.1) is 0 Å². The van der Waals surface area contributed by atoms with Crippen LogP contribution in [0.3, 0.4) is 0 Å². The zero-order chi connectivity index (χ0) is 13.1. The fourth-order valence-electron chi connectivity index (χ4n) is 1.19. The second kappa shape index (κ2) is 5.48. The number of halogens is 4. The van der Waals surface area contributed by atoms with E-state index in [-0.39, 0.29) is 23.1 Å². The number of alkyl halides is 3. The number of nitrogens with zero attached hydrogens (tertiary/aromatic N) is 1. The topological polar surface area (TPSA) is 39.2 Å².